The highest BCUT2D eigenvalue weighted by Crippen LogP contribution is 2.10. The van der Waals surface area contributed by atoms with Gasteiger partial charge in [0.05, 0.1) is 12.6 Å². The highest BCUT2D eigenvalue weighted by molar-refractivity contribution is 5.81. The first kappa shape index (κ1) is 15.5. The van der Waals surface area contributed by atoms with Gasteiger partial charge in [-0.15, -0.1) is 0 Å². The molecule has 0 radical (unpaired) electrons. The van der Waals surface area contributed by atoms with Crippen molar-refractivity contribution in [3.05, 3.63) is 30.3 Å². The Morgan fingerprint density at radius 1 is 1.32 bits per heavy atom. The Morgan fingerprint density at radius 2 is 1.95 bits per heavy atom. The molecule has 1 aromatic carbocycles. The number of aliphatic hydroxyl groups excluding tert-OH is 1. The number of nitrogens with one attached hydrogen (secondary N) is 1. The molecule has 0 bridgehead atoms. The maximum atomic E-state index is 11.8. The Hall–Kier alpha value is -1.55. The predicted molar refractivity (Wildman–Crippen MR) is 78.2 cm³/mol. The number of nitrogens with zero attached hydrogens (tertiary/aromatic N) is 1. The molecule has 4 nitrogen and oxygen atoms in total. The molecule has 0 saturated heterocycles. The van der Waals surface area contributed by atoms with Gasteiger partial charge in [0.25, 0.3) is 0 Å². The van der Waals surface area contributed by atoms with E-state index in [1.54, 1.807) is 0 Å². The average molecular weight is 264 g/mol. The summed E-state index contributed by atoms with van der Waals surface area (Å²) in [5.74, 6) is 0.355. The van der Waals surface area contributed by atoms with Crippen molar-refractivity contribution in [2.45, 2.75) is 26.4 Å². The van der Waals surface area contributed by atoms with Gasteiger partial charge < -0.3 is 15.3 Å². The summed E-state index contributed by atoms with van der Waals surface area (Å²) in [6.45, 7) is 4.71. The molecule has 2 N–H and O–H groups in total. The SMILES string of the molecule is CC(C)CC(O)CNC(=O)CN(C)c1ccccc1. The number of hydrogen-bond acceptors (Lipinski definition) is 3. The minimum Gasteiger partial charge on any atom is -0.391 e. The number of carbonyl (C=O) groups excluding carboxylic acids is 1. The van der Waals surface area contributed by atoms with Crippen LogP contribution in [0, 0.1) is 5.92 Å². The van der Waals surface area contributed by atoms with Crippen LogP contribution in [0.5, 0.6) is 0 Å². The molecule has 0 fully saturated rings. The molecule has 1 unspecified atom stereocenters. The molecule has 19 heavy (non-hydrogen) atoms. The zero-order valence-electron chi connectivity index (χ0n) is 12.0. The predicted octanol–water partition coefficient (Wildman–Crippen LogP) is 1.65. The second-order valence-electron chi connectivity index (χ2n) is 5.28. The van der Waals surface area contributed by atoms with Crippen LogP contribution in [0.3, 0.4) is 0 Å². The summed E-state index contributed by atoms with van der Waals surface area (Å²) < 4.78 is 0. The number of hydrogen-bond donors (Lipinski definition) is 2. The molecule has 0 aliphatic heterocycles. The van der Waals surface area contributed by atoms with E-state index in [1.165, 1.54) is 0 Å². The Balaban J connectivity index is 2.31. The van der Waals surface area contributed by atoms with Crippen molar-refractivity contribution in [3.8, 4) is 0 Å². The van der Waals surface area contributed by atoms with Crippen molar-refractivity contribution in [1.82, 2.24) is 5.32 Å². The molecule has 4 heteroatoms. The van der Waals surface area contributed by atoms with E-state index in [-0.39, 0.29) is 5.91 Å². The van der Waals surface area contributed by atoms with Gasteiger partial charge >= 0.3 is 0 Å². The summed E-state index contributed by atoms with van der Waals surface area (Å²) in [7, 11) is 1.87. The Bertz CT molecular complexity index is 379. The van der Waals surface area contributed by atoms with Crippen molar-refractivity contribution < 1.29 is 9.90 Å². The maximum absolute atomic E-state index is 11.8. The molecule has 0 saturated carbocycles. The number of amides is 1. The van der Waals surface area contributed by atoms with E-state index in [0.29, 0.717) is 25.4 Å². The zero-order chi connectivity index (χ0) is 14.3. The van der Waals surface area contributed by atoms with Gasteiger partial charge in [0, 0.05) is 19.3 Å². The average Bonchev–Trinajstić information content (AvgIpc) is 2.36. The first-order valence-electron chi connectivity index (χ1n) is 6.70. The van der Waals surface area contributed by atoms with Crippen LogP contribution in [0.25, 0.3) is 0 Å². The van der Waals surface area contributed by atoms with Gasteiger partial charge in [-0.3, -0.25) is 4.79 Å². The minimum absolute atomic E-state index is 0.0749. The fourth-order valence-corrected chi connectivity index (χ4v) is 1.90. The molecule has 0 aromatic heterocycles. The Morgan fingerprint density at radius 3 is 2.53 bits per heavy atom. The second kappa shape index (κ2) is 7.79. The number of carbonyl (C=O) groups is 1. The monoisotopic (exact) mass is 264 g/mol. The molecule has 0 spiro atoms. The van der Waals surface area contributed by atoms with Crippen LogP contribution >= 0.6 is 0 Å². The fourth-order valence-electron chi connectivity index (χ4n) is 1.90. The van der Waals surface area contributed by atoms with E-state index in [2.05, 4.69) is 5.32 Å². The van der Waals surface area contributed by atoms with E-state index >= 15 is 0 Å². The van der Waals surface area contributed by atoms with Crippen LogP contribution < -0.4 is 10.2 Å². The van der Waals surface area contributed by atoms with Gasteiger partial charge in [-0.2, -0.15) is 0 Å². The molecule has 1 atom stereocenters. The highest BCUT2D eigenvalue weighted by Gasteiger charge is 2.10. The van der Waals surface area contributed by atoms with Crippen LogP contribution in [0.1, 0.15) is 20.3 Å². The molecule has 1 rings (SSSR count). The van der Waals surface area contributed by atoms with E-state index in [4.69, 9.17) is 0 Å². The lowest BCUT2D eigenvalue weighted by Crippen LogP contribution is -2.39. The summed E-state index contributed by atoms with van der Waals surface area (Å²) >= 11 is 0. The summed E-state index contributed by atoms with van der Waals surface area (Å²) in [6, 6.07) is 9.74. The largest absolute Gasteiger partial charge is 0.391 e. The number of anilines is 1. The first-order valence-corrected chi connectivity index (χ1v) is 6.70. The lowest BCUT2D eigenvalue weighted by Gasteiger charge is -2.19. The normalized spacial score (nSPS) is 12.3. The number of para-hydroxylation sites is 1. The van der Waals surface area contributed by atoms with Crippen molar-refractivity contribution in [2.75, 3.05) is 25.0 Å². The van der Waals surface area contributed by atoms with Gasteiger partial charge in [0.15, 0.2) is 0 Å². The number of rotatable bonds is 7. The zero-order valence-corrected chi connectivity index (χ0v) is 12.0. The van der Waals surface area contributed by atoms with E-state index < -0.39 is 6.10 Å². The van der Waals surface area contributed by atoms with Gasteiger partial charge in [-0.25, -0.2) is 0 Å². The molecular weight excluding hydrogens is 240 g/mol. The highest BCUT2D eigenvalue weighted by atomic mass is 16.3. The third kappa shape index (κ3) is 6.25. The van der Waals surface area contributed by atoms with Crippen LogP contribution in [-0.2, 0) is 4.79 Å². The Kier molecular flexibility index (Phi) is 6.36. The fraction of sp³-hybridized carbons (Fsp3) is 0.533. The molecule has 0 heterocycles. The Labute approximate surface area is 115 Å². The minimum atomic E-state index is -0.467. The second-order valence-corrected chi connectivity index (χ2v) is 5.28. The third-order valence-electron chi connectivity index (χ3n) is 2.86. The van der Waals surface area contributed by atoms with Crippen molar-refractivity contribution in [2.24, 2.45) is 5.92 Å². The first-order chi connectivity index (χ1) is 8.99. The molecule has 1 amide bonds. The molecule has 106 valence electrons. The molecule has 0 aliphatic carbocycles. The van der Waals surface area contributed by atoms with E-state index in [0.717, 1.165) is 5.69 Å². The molecular formula is C15H24N2O2. The molecule has 0 aliphatic rings. The summed E-state index contributed by atoms with van der Waals surface area (Å²) in [6.07, 6.45) is 0.236. The van der Waals surface area contributed by atoms with E-state index in [1.807, 2.05) is 56.1 Å². The van der Waals surface area contributed by atoms with Gasteiger partial charge in [-0.1, -0.05) is 32.0 Å². The quantitative estimate of drug-likeness (QED) is 0.787. The van der Waals surface area contributed by atoms with Gasteiger partial charge in [-0.05, 0) is 24.5 Å². The summed E-state index contributed by atoms with van der Waals surface area (Å²) in [5, 5.41) is 12.4. The van der Waals surface area contributed by atoms with Gasteiger partial charge in [0.2, 0.25) is 5.91 Å². The smallest absolute Gasteiger partial charge is 0.239 e. The van der Waals surface area contributed by atoms with Crippen LogP contribution in [0.2, 0.25) is 0 Å². The van der Waals surface area contributed by atoms with Crippen LogP contribution in [0.15, 0.2) is 30.3 Å². The maximum Gasteiger partial charge on any atom is 0.239 e. The standard InChI is InChI=1S/C15H24N2O2/c1-12(2)9-14(18)10-16-15(19)11-17(3)13-7-5-4-6-8-13/h4-8,12,14,18H,9-11H2,1-3H3,(H,16,19). The van der Waals surface area contributed by atoms with Gasteiger partial charge in [0.1, 0.15) is 0 Å². The lowest BCUT2D eigenvalue weighted by molar-refractivity contribution is -0.120. The van der Waals surface area contributed by atoms with Crippen molar-refractivity contribution in [3.63, 3.8) is 0 Å². The molecule has 1 aromatic rings. The van der Waals surface area contributed by atoms with Crippen molar-refractivity contribution >= 4 is 11.6 Å². The third-order valence-corrected chi connectivity index (χ3v) is 2.86. The van der Waals surface area contributed by atoms with E-state index in [9.17, 15) is 9.90 Å². The van der Waals surface area contributed by atoms with Crippen molar-refractivity contribution in [1.29, 1.82) is 0 Å². The number of aliphatic hydroxyl groups is 1. The lowest BCUT2D eigenvalue weighted by atomic mass is 10.1. The number of benzene rings is 1. The summed E-state index contributed by atoms with van der Waals surface area (Å²) in [5.41, 5.74) is 1.00. The van der Waals surface area contributed by atoms with Crippen LogP contribution in [-0.4, -0.2) is 37.3 Å². The topological polar surface area (TPSA) is 52.6 Å². The summed E-state index contributed by atoms with van der Waals surface area (Å²) in [4.78, 5) is 13.6. The number of likely N-dealkylation sites (N-methyl/N-ethyl adjacent to an activating group) is 1. The van der Waals surface area contributed by atoms with Crippen LogP contribution in [0.4, 0.5) is 5.69 Å².